The van der Waals surface area contributed by atoms with Crippen LogP contribution in [-0.2, 0) is 16.8 Å². The van der Waals surface area contributed by atoms with Crippen LogP contribution < -0.4 is 9.64 Å². The minimum Gasteiger partial charge on any atom is -0.496 e. The number of anilines is 1. The third-order valence-electron chi connectivity index (χ3n) is 5.22. The third-order valence-corrected chi connectivity index (χ3v) is 5.22. The highest BCUT2D eigenvalue weighted by Crippen LogP contribution is 2.46. The first-order valence-electron chi connectivity index (χ1n) is 8.57. The van der Waals surface area contributed by atoms with Crippen LogP contribution in [-0.4, -0.2) is 37.0 Å². The molecule has 2 aliphatic heterocycles. The zero-order valence-electron chi connectivity index (χ0n) is 14.3. The van der Waals surface area contributed by atoms with E-state index in [0.29, 0.717) is 0 Å². The van der Waals surface area contributed by atoms with E-state index in [1.54, 1.807) is 7.11 Å². The Labute approximate surface area is 142 Å². The summed E-state index contributed by atoms with van der Waals surface area (Å²) in [5.41, 5.74) is 3.34. The van der Waals surface area contributed by atoms with Crippen LogP contribution in [0.2, 0.25) is 0 Å². The minimum atomic E-state index is -0.227. The smallest absolute Gasteiger partial charge is 0.151 e. The molecule has 0 aliphatic carbocycles. The zero-order valence-corrected chi connectivity index (χ0v) is 14.3. The van der Waals surface area contributed by atoms with Crippen molar-refractivity contribution < 1.29 is 9.47 Å². The van der Waals surface area contributed by atoms with Gasteiger partial charge in [0.25, 0.3) is 0 Å². The zero-order chi connectivity index (χ0) is 16.6. The molecular weight excluding hydrogens is 302 g/mol. The average molecular weight is 325 g/mol. The summed E-state index contributed by atoms with van der Waals surface area (Å²) in [5.74, 6) is 1.90. The number of hydrogen-bond acceptors (Lipinski definition) is 5. The molecule has 126 valence electrons. The number of nitrogens with zero attached hydrogens (tertiary/aromatic N) is 3. The lowest BCUT2D eigenvalue weighted by atomic mass is 9.79. The van der Waals surface area contributed by atoms with Gasteiger partial charge >= 0.3 is 0 Å². The number of piperidine rings is 1. The number of ether oxygens (including phenoxy) is 2. The molecule has 2 aliphatic rings. The Morgan fingerprint density at radius 3 is 2.67 bits per heavy atom. The molecule has 5 heteroatoms. The van der Waals surface area contributed by atoms with Crippen LogP contribution in [0, 0.1) is 6.92 Å². The topological polar surface area (TPSA) is 47.5 Å². The summed E-state index contributed by atoms with van der Waals surface area (Å²) in [5, 5.41) is 8.50. The second kappa shape index (κ2) is 6.06. The molecule has 0 saturated carbocycles. The van der Waals surface area contributed by atoms with E-state index in [2.05, 4.69) is 33.3 Å². The third kappa shape index (κ3) is 2.53. The van der Waals surface area contributed by atoms with E-state index in [0.717, 1.165) is 56.2 Å². The lowest BCUT2D eigenvalue weighted by molar-refractivity contribution is -0.0780. The van der Waals surface area contributed by atoms with Gasteiger partial charge in [-0.1, -0.05) is 12.1 Å². The normalized spacial score (nSPS) is 19.2. The highest BCUT2D eigenvalue weighted by atomic mass is 16.5. The summed E-state index contributed by atoms with van der Waals surface area (Å²) in [6, 6.07) is 10.4. The van der Waals surface area contributed by atoms with Crippen LogP contribution >= 0.6 is 0 Å². The van der Waals surface area contributed by atoms with Crippen molar-refractivity contribution in [2.24, 2.45) is 0 Å². The molecule has 5 nitrogen and oxygen atoms in total. The Hall–Kier alpha value is -2.14. The molecule has 1 saturated heterocycles. The Morgan fingerprint density at radius 2 is 1.96 bits per heavy atom. The number of aromatic nitrogens is 2. The van der Waals surface area contributed by atoms with Crippen molar-refractivity contribution in [2.75, 3.05) is 31.7 Å². The molecule has 3 heterocycles. The minimum absolute atomic E-state index is 0.227. The summed E-state index contributed by atoms with van der Waals surface area (Å²) in [4.78, 5) is 2.30. The van der Waals surface area contributed by atoms with Gasteiger partial charge in [-0.05, 0) is 49.9 Å². The van der Waals surface area contributed by atoms with Crippen LogP contribution in [0.15, 0.2) is 30.3 Å². The summed E-state index contributed by atoms with van der Waals surface area (Å²) >= 11 is 0. The molecule has 0 bridgehead atoms. The first-order chi connectivity index (χ1) is 11.7. The lowest BCUT2D eigenvalue weighted by Crippen LogP contribution is -2.47. The van der Waals surface area contributed by atoms with Crippen LogP contribution in [0.4, 0.5) is 5.82 Å². The van der Waals surface area contributed by atoms with Gasteiger partial charge < -0.3 is 14.4 Å². The summed E-state index contributed by atoms with van der Waals surface area (Å²) < 4.78 is 12.0. The molecule has 0 amide bonds. The molecule has 0 atom stereocenters. The lowest BCUT2D eigenvalue weighted by Gasteiger charge is -2.45. The summed E-state index contributed by atoms with van der Waals surface area (Å²) in [6.07, 6.45) is 2.84. The van der Waals surface area contributed by atoms with E-state index < -0.39 is 0 Å². The first kappa shape index (κ1) is 15.4. The quantitative estimate of drug-likeness (QED) is 0.850. The molecule has 0 unspecified atom stereocenters. The fourth-order valence-electron chi connectivity index (χ4n) is 3.95. The average Bonchev–Trinajstić information content (AvgIpc) is 2.63. The van der Waals surface area contributed by atoms with Gasteiger partial charge in [0.2, 0.25) is 0 Å². The molecule has 1 aromatic carbocycles. The fourth-order valence-corrected chi connectivity index (χ4v) is 3.95. The van der Waals surface area contributed by atoms with Gasteiger partial charge in [-0.15, -0.1) is 5.10 Å². The second-order valence-corrected chi connectivity index (χ2v) is 6.61. The van der Waals surface area contributed by atoms with E-state index in [-0.39, 0.29) is 5.60 Å². The standard InChI is InChI=1S/C19H23N3O2/c1-14-6-7-17(21-20-14)22-11-9-19(10-12-22)18-15(8-13-24-19)4-3-5-16(18)23-2/h3-7H,8-13H2,1-2H3. The second-order valence-electron chi connectivity index (χ2n) is 6.61. The van der Waals surface area contributed by atoms with Crippen LogP contribution in [0.3, 0.4) is 0 Å². The number of rotatable bonds is 2. The summed E-state index contributed by atoms with van der Waals surface area (Å²) in [6.45, 7) is 4.57. The molecule has 0 radical (unpaired) electrons. The van der Waals surface area contributed by atoms with Crippen molar-refractivity contribution in [2.45, 2.75) is 31.8 Å². The van der Waals surface area contributed by atoms with Crippen molar-refractivity contribution in [3.05, 3.63) is 47.2 Å². The van der Waals surface area contributed by atoms with Crippen molar-refractivity contribution in [1.82, 2.24) is 10.2 Å². The fraction of sp³-hybridized carbons (Fsp3) is 0.474. The van der Waals surface area contributed by atoms with E-state index in [9.17, 15) is 0 Å². The predicted octanol–water partition coefficient (Wildman–Crippen LogP) is 2.86. The molecule has 1 spiro atoms. The molecule has 24 heavy (non-hydrogen) atoms. The molecule has 1 fully saturated rings. The maximum absolute atomic E-state index is 6.34. The van der Waals surface area contributed by atoms with Gasteiger partial charge in [-0.25, -0.2) is 0 Å². The van der Waals surface area contributed by atoms with Crippen molar-refractivity contribution in [1.29, 1.82) is 0 Å². The number of fused-ring (bicyclic) bond motifs is 2. The SMILES string of the molecule is COc1cccc2c1C1(CCN(c3ccc(C)nn3)CC1)OCC2. The monoisotopic (exact) mass is 325 g/mol. The Kier molecular flexibility index (Phi) is 3.88. The van der Waals surface area contributed by atoms with Crippen molar-refractivity contribution in [3.8, 4) is 5.75 Å². The Balaban J connectivity index is 1.61. The predicted molar refractivity (Wildman–Crippen MR) is 92.5 cm³/mol. The Bertz CT molecular complexity index is 708. The molecular formula is C19H23N3O2. The van der Waals surface area contributed by atoms with E-state index in [4.69, 9.17) is 9.47 Å². The highest BCUT2D eigenvalue weighted by Gasteiger charge is 2.43. The van der Waals surface area contributed by atoms with Gasteiger partial charge in [0.05, 0.1) is 19.4 Å². The first-order valence-corrected chi connectivity index (χ1v) is 8.57. The van der Waals surface area contributed by atoms with Crippen molar-refractivity contribution in [3.63, 3.8) is 0 Å². The van der Waals surface area contributed by atoms with E-state index in [1.807, 2.05) is 19.1 Å². The number of methoxy groups -OCH3 is 1. The summed E-state index contributed by atoms with van der Waals surface area (Å²) in [7, 11) is 1.74. The largest absolute Gasteiger partial charge is 0.496 e. The van der Waals surface area contributed by atoms with Crippen LogP contribution in [0.1, 0.15) is 29.7 Å². The van der Waals surface area contributed by atoms with E-state index in [1.165, 1.54) is 11.1 Å². The van der Waals surface area contributed by atoms with E-state index >= 15 is 0 Å². The highest BCUT2D eigenvalue weighted by molar-refractivity contribution is 5.47. The van der Waals surface area contributed by atoms with Gasteiger partial charge in [-0.2, -0.15) is 5.10 Å². The van der Waals surface area contributed by atoms with Gasteiger partial charge in [-0.3, -0.25) is 0 Å². The number of hydrogen-bond donors (Lipinski definition) is 0. The van der Waals surface area contributed by atoms with Gasteiger partial charge in [0.1, 0.15) is 11.4 Å². The van der Waals surface area contributed by atoms with Crippen LogP contribution in [0.25, 0.3) is 0 Å². The number of aryl methyl sites for hydroxylation is 1. The maximum atomic E-state index is 6.34. The van der Waals surface area contributed by atoms with Crippen molar-refractivity contribution >= 4 is 5.82 Å². The molecule has 0 N–H and O–H groups in total. The Morgan fingerprint density at radius 1 is 1.12 bits per heavy atom. The molecule has 2 aromatic rings. The number of benzene rings is 1. The maximum Gasteiger partial charge on any atom is 0.151 e. The van der Waals surface area contributed by atoms with Gasteiger partial charge in [0, 0.05) is 18.7 Å². The molecule has 4 rings (SSSR count). The molecule has 1 aromatic heterocycles. The van der Waals surface area contributed by atoms with Gasteiger partial charge in [0.15, 0.2) is 5.82 Å². The van der Waals surface area contributed by atoms with Crippen LogP contribution in [0.5, 0.6) is 5.75 Å².